The van der Waals surface area contributed by atoms with Gasteiger partial charge in [-0.1, -0.05) is 49.4 Å². The second kappa shape index (κ2) is 6.81. The minimum absolute atomic E-state index is 0.532. The van der Waals surface area contributed by atoms with Gasteiger partial charge in [-0.2, -0.15) is 12.6 Å². The number of rotatable bonds is 6. The molecule has 0 heterocycles. The van der Waals surface area contributed by atoms with Gasteiger partial charge in [-0.3, -0.25) is 0 Å². The van der Waals surface area contributed by atoms with Crippen molar-refractivity contribution in [3.63, 3.8) is 0 Å². The third kappa shape index (κ3) is 3.76. The van der Waals surface area contributed by atoms with Crippen LogP contribution in [0.1, 0.15) is 12.5 Å². The van der Waals surface area contributed by atoms with Gasteiger partial charge in [0.1, 0.15) is 0 Å². The fraction of sp³-hybridized carbons (Fsp3) is 0.375. The van der Waals surface area contributed by atoms with Gasteiger partial charge in [0.25, 0.3) is 0 Å². The van der Waals surface area contributed by atoms with Gasteiger partial charge in [0.15, 0.2) is 0 Å². The highest BCUT2D eigenvalue weighted by molar-refractivity contribution is 7.80. The lowest BCUT2D eigenvalue weighted by atomic mass is 10.1. The molecular weight excluding hydrogens is 240 g/mol. The molecular formula is C16H20OS. The molecule has 18 heavy (non-hydrogen) atoms. The lowest BCUT2D eigenvalue weighted by Crippen LogP contribution is -2.09. The zero-order chi connectivity index (χ0) is 12.8. The number of fused-ring (bicyclic) bond motifs is 1. The second-order valence-electron chi connectivity index (χ2n) is 4.79. The maximum Gasteiger partial charge on any atom is 0.0506 e. The average Bonchev–Trinajstić information content (AvgIpc) is 2.43. The van der Waals surface area contributed by atoms with Crippen molar-refractivity contribution in [3.8, 4) is 0 Å². The minimum Gasteiger partial charge on any atom is -0.381 e. The van der Waals surface area contributed by atoms with Crippen LogP contribution in [0.25, 0.3) is 10.8 Å². The largest absolute Gasteiger partial charge is 0.381 e. The van der Waals surface area contributed by atoms with Crippen LogP contribution in [0.4, 0.5) is 0 Å². The monoisotopic (exact) mass is 260 g/mol. The lowest BCUT2D eigenvalue weighted by Gasteiger charge is -2.09. The van der Waals surface area contributed by atoms with Crippen LogP contribution in [-0.4, -0.2) is 19.0 Å². The molecule has 2 rings (SSSR count). The van der Waals surface area contributed by atoms with Crippen molar-refractivity contribution in [3.05, 3.63) is 48.0 Å². The molecule has 0 aliphatic carbocycles. The highest BCUT2D eigenvalue weighted by Gasteiger charge is 2.00. The molecule has 2 aromatic rings. The van der Waals surface area contributed by atoms with Crippen LogP contribution in [0.5, 0.6) is 0 Å². The Hall–Kier alpha value is -0.990. The Kier molecular flexibility index (Phi) is 5.09. The third-order valence-electron chi connectivity index (χ3n) is 3.06. The molecule has 0 fully saturated rings. The molecule has 0 saturated carbocycles. The van der Waals surface area contributed by atoms with Crippen LogP contribution in [0.15, 0.2) is 42.5 Å². The summed E-state index contributed by atoms with van der Waals surface area (Å²) in [6, 6.07) is 15.1. The molecule has 2 aromatic carbocycles. The van der Waals surface area contributed by atoms with Crippen molar-refractivity contribution in [2.24, 2.45) is 5.92 Å². The fourth-order valence-corrected chi connectivity index (χ4v) is 2.03. The molecule has 0 radical (unpaired) electrons. The Morgan fingerprint density at radius 2 is 1.89 bits per heavy atom. The van der Waals surface area contributed by atoms with E-state index in [0.29, 0.717) is 5.92 Å². The highest BCUT2D eigenvalue weighted by Crippen LogP contribution is 2.16. The van der Waals surface area contributed by atoms with E-state index < -0.39 is 0 Å². The van der Waals surface area contributed by atoms with Gasteiger partial charge in [0, 0.05) is 6.61 Å². The van der Waals surface area contributed by atoms with Crippen LogP contribution in [0, 0.1) is 5.92 Å². The summed E-state index contributed by atoms with van der Waals surface area (Å²) in [5.74, 6) is 1.42. The fourth-order valence-electron chi connectivity index (χ4n) is 1.92. The van der Waals surface area contributed by atoms with E-state index in [1.165, 1.54) is 16.3 Å². The Balaban J connectivity index is 1.88. The standard InChI is InChI=1S/C16H20OS/c1-13(12-18)11-17-9-8-14-6-7-15-4-2-3-5-16(15)10-14/h2-7,10,13,18H,8-9,11-12H2,1H3. The summed E-state index contributed by atoms with van der Waals surface area (Å²) in [7, 11) is 0. The van der Waals surface area contributed by atoms with Crippen molar-refractivity contribution >= 4 is 23.4 Å². The summed E-state index contributed by atoms with van der Waals surface area (Å²) in [6.45, 7) is 3.75. The van der Waals surface area contributed by atoms with Gasteiger partial charge in [0.05, 0.1) is 6.61 Å². The Labute approximate surface area is 115 Å². The summed E-state index contributed by atoms with van der Waals surface area (Å²) in [5.41, 5.74) is 1.34. The molecule has 0 N–H and O–H groups in total. The molecule has 0 spiro atoms. The Morgan fingerprint density at radius 3 is 2.67 bits per heavy atom. The number of thiol groups is 1. The van der Waals surface area contributed by atoms with Crippen molar-refractivity contribution in [1.82, 2.24) is 0 Å². The predicted octanol–water partition coefficient (Wildman–Crippen LogP) is 3.96. The van der Waals surface area contributed by atoms with Gasteiger partial charge in [-0.25, -0.2) is 0 Å². The predicted molar refractivity (Wildman–Crippen MR) is 81.5 cm³/mol. The van der Waals surface area contributed by atoms with E-state index in [4.69, 9.17) is 4.74 Å². The zero-order valence-electron chi connectivity index (χ0n) is 10.8. The van der Waals surface area contributed by atoms with E-state index in [1.807, 2.05) is 0 Å². The van der Waals surface area contributed by atoms with E-state index in [9.17, 15) is 0 Å². The van der Waals surface area contributed by atoms with Crippen molar-refractivity contribution in [1.29, 1.82) is 0 Å². The Bertz CT molecular complexity index is 495. The molecule has 0 saturated heterocycles. The first kappa shape index (κ1) is 13.4. The number of hydrogen-bond acceptors (Lipinski definition) is 2. The minimum atomic E-state index is 0.532. The van der Waals surface area contributed by atoms with Crippen LogP contribution < -0.4 is 0 Å². The summed E-state index contributed by atoms with van der Waals surface area (Å²) in [6.07, 6.45) is 0.976. The van der Waals surface area contributed by atoms with Crippen LogP contribution in [0.3, 0.4) is 0 Å². The molecule has 2 heteroatoms. The topological polar surface area (TPSA) is 9.23 Å². The van der Waals surface area contributed by atoms with Crippen LogP contribution in [-0.2, 0) is 11.2 Å². The van der Waals surface area contributed by atoms with Crippen LogP contribution in [0.2, 0.25) is 0 Å². The van der Waals surface area contributed by atoms with Crippen LogP contribution >= 0.6 is 12.6 Å². The smallest absolute Gasteiger partial charge is 0.0506 e. The van der Waals surface area contributed by atoms with E-state index >= 15 is 0 Å². The quantitative estimate of drug-likeness (QED) is 0.611. The molecule has 0 aromatic heterocycles. The Morgan fingerprint density at radius 1 is 1.11 bits per heavy atom. The maximum atomic E-state index is 5.65. The van der Waals surface area contributed by atoms with Crippen molar-refractivity contribution < 1.29 is 4.74 Å². The summed E-state index contributed by atoms with van der Waals surface area (Å²) in [4.78, 5) is 0. The molecule has 1 unspecified atom stereocenters. The molecule has 0 aliphatic heterocycles. The van der Waals surface area contributed by atoms with E-state index in [1.54, 1.807) is 0 Å². The number of hydrogen-bond donors (Lipinski definition) is 1. The molecule has 0 bridgehead atoms. The van der Waals surface area contributed by atoms with Gasteiger partial charge in [-0.15, -0.1) is 0 Å². The molecule has 1 atom stereocenters. The summed E-state index contributed by atoms with van der Waals surface area (Å²) < 4.78 is 5.65. The molecule has 0 amide bonds. The van der Waals surface area contributed by atoms with Crippen molar-refractivity contribution in [2.75, 3.05) is 19.0 Å². The second-order valence-corrected chi connectivity index (χ2v) is 5.16. The highest BCUT2D eigenvalue weighted by atomic mass is 32.1. The lowest BCUT2D eigenvalue weighted by molar-refractivity contribution is 0.114. The summed E-state index contributed by atoms with van der Waals surface area (Å²) in [5, 5.41) is 2.60. The van der Waals surface area contributed by atoms with Crippen molar-refractivity contribution in [2.45, 2.75) is 13.3 Å². The van der Waals surface area contributed by atoms with Gasteiger partial charge < -0.3 is 4.74 Å². The number of ether oxygens (including phenoxy) is 1. The van der Waals surface area contributed by atoms with E-state index in [0.717, 1.165) is 25.4 Å². The molecule has 1 nitrogen and oxygen atoms in total. The first-order valence-electron chi connectivity index (χ1n) is 6.46. The van der Waals surface area contributed by atoms with E-state index in [-0.39, 0.29) is 0 Å². The SMILES string of the molecule is CC(CS)COCCc1ccc2ccccc2c1. The van der Waals surface area contributed by atoms with E-state index in [2.05, 4.69) is 62.0 Å². The average molecular weight is 260 g/mol. The third-order valence-corrected chi connectivity index (χ3v) is 3.69. The van der Waals surface area contributed by atoms with Gasteiger partial charge >= 0.3 is 0 Å². The first-order valence-corrected chi connectivity index (χ1v) is 7.09. The zero-order valence-corrected chi connectivity index (χ0v) is 11.7. The molecule has 0 aliphatic rings. The van der Waals surface area contributed by atoms with Gasteiger partial charge in [0.2, 0.25) is 0 Å². The molecule has 96 valence electrons. The number of benzene rings is 2. The normalized spacial score (nSPS) is 12.8. The van der Waals surface area contributed by atoms with Gasteiger partial charge in [-0.05, 0) is 34.4 Å². The first-order chi connectivity index (χ1) is 8.79. The maximum absolute atomic E-state index is 5.65. The summed E-state index contributed by atoms with van der Waals surface area (Å²) >= 11 is 4.25.